The Kier molecular flexibility index (Phi) is 13.1. The lowest BCUT2D eigenvalue weighted by Crippen LogP contribution is -2.58. The van der Waals surface area contributed by atoms with Crippen LogP contribution in [0.15, 0.2) is 84.9 Å². The third-order valence-corrected chi connectivity index (χ3v) is 14.7. The fraction of sp³-hybridized carbons (Fsp3) is 0.388. The van der Waals surface area contributed by atoms with E-state index in [0.717, 1.165) is 64.5 Å². The van der Waals surface area contributed by atoms with Crippen LogP contribution in [-0.4, -0.2) is 97.9 Å². The number of piperidine rings is 3. The molecule has 1 unspecified atom stereocenters. The van der Waals surface area contributed by atoms with Gasteiger partial charge in [0.05, 0.1) is 32.6 Å². The average Bonchev–Trinajstić information content (AvgIpc) is 3.77. The molecule has 4 N–H and O–H groups in total. The summed E-state index contributed by atoms with van der Waals surface area (Å²) < 4.78 is 13.7. The van der Waals surface area contributed by atoms with Crippen LogP contribution in [0.4, 0.5) is 11.4 Å². The second-order valence-electron chi connectivity index (χ2n) is 17.2. The Morgan fingerprint density at radius 1 is 0.908 bits per heavy atom. The van der Waals surface area contributed by atoms with Crippen LogP contribution >= 0.6 is 22.9 Å². The number of amides is 5. The molecule has 0 bridgehead atoms. The Balaban J connectivity index is 0.776. The highest BCUT2D eigenvalue weighted by Crippen LogP contribution is 2.42. The third-order valence-electron chi connectivity index (χ3n) is 13.1. The number of nitrogens with zero attached hydrogens (tertiary/aromatic N) is 3. The summed E-state index contributed by atoms with van der Waals surface area (Å²) in [5.74, 6) is -0.444. The number of hydrogen-bond donors (Lipinski definition) is 4. The van der Waals surface area contributed by atoms with Gasteiger partial charge < -0.3 is 35.2 Å². The van der Waals surface area contributed by atoms with Crippen molar-refractivity contribution in [3.8, 4) is 22.1 Å². The molecule has 4 aromatic carbocycles. The van der Waals surface area contributed by atoms with Crippen LogP contribution in [0.5, 0.6) is 11.5 Å². The van der Waals surface area contributed by atoms with E-state index in [0.29, 0.717) is 59.7 Å². The van der Waals surface area contributed by atoms with E-state index in [1.54, 1.807) is 18.0 Å². The molecule has 5 heterocycles. The summed E-state index contributed by atoms with van der Waals surface area (Å²) in [5, 5.41) is 13.1. The first-order chi connectivity index (χ1) is 31.6. The minimum absolute atomic E-state index is 0.00802. The van der Waals surface area contributed by atoms with Gasteiger partial charge in [0.25, 0.3) is 5.91 Å². The predicted molar refractivity (Wildman–Crippen MR) is 251 cm³/mol. The quantitative estimate of drug-likeness (QED) is 0.0743. The lowest BCUT2D eigenvalue weighted by molar-refractivity contribution is -0.147. The number of halogens is 1. The molecule has 4 aliphatic heterocycles. The van der Waals surface area contributed by atoms with Crippen molar-refractivity contribution in [3.63, 3.8) is 0 Å². The maximum Gasteiger partial charge on any atom is 0.264 e. The van der Waals surface area contributed by atoms with Gasteiger partial charge in [-0.25, -0.2) is 4.98 Å². The van der Waals surface area contributed by atoms with Crippen molar-refractivity contribution in [2.75, 3.05) is 63.1 Å². The van der Waals surface area contributed by atoms with Crippen LogP contribution in [0, 0.1) is 5.92 Å². The molecule has 0 spiro atoms. The smallest absolute Gasteiger partial charge is 0.264 e. The summed E-state index contributed by atoms with van der Waals surface area (Å²) >= 11 is 7.94. The average molecular weight is 919 g/mol. The van der Waals surface area contributed by atoms with E-state index in [-0.39, 0.29) is 67.8 Å². The summed E-state index contributed by atoms with van der Waals surface area (Å²) in [6, 6.07) is 26.7. The molecular weight excluding hydrogens is 866 g/mol. The van der Waals surface area contributed by atoms with Crippen LogP contribution in [0.2, 0.25) is 5.02 Å². The van der Waals surface area contributed by atoms with Gasteiger partial charge in [0.2, 0.25) is 23.6 Å². The molecule has 65 heavy (non-hydrogen) atoms. The molecule has 3 fully saturated rings. The molecule has 338 valence electrons. The lowest BCUT2D eigenvalue weighted by Gasteiger charge is -2.42. The number of thiazole rings is 1. The molecule has 5 aromatic rings. The van der Waals surface area contributed by atoms with Crippen molar-refractivity contribution in [1.82, 2.24) is 25.8 Å². The van der Waals surface area contributed by atoms with Gasteiger partial charge in [0.1, 0.15) is 23.1 Å². The number of imide groups is 1. The van der Waals surface area contributed by atoms with Gasteiger partial charge in [-0.1, -0.05) is 41.9 Å². The molecular formula is C49H52ClN7O7S. The number of benzene rings is 4. The lowest BCUT2D eigenvalue weighted by atomic mass is 9.86. The first-order valence-corrected chi connectivity index (χ1v) is 23.6. The fourth-order valence-corrected chi connectivity index (χ4v) is 10.8. The number of likely N-dealkylation sites (N-methyl/N-ethyl adjacent to an activating group) is 1. The summed E-state index contributed by atoms with van der Waals surface area (Å²) in [4.78, 5) is 73.8. The minimum Gasteiger partial charge on any atom is -0.492 e. The maximum atomic E-state index is 14.3. The third kappa shape index (κ3) is 9.54. The van der Waals surface area contributed by atoms with E-state index >= 15 is 0 Å². The van der Waals surface area contributed by atoms with Crippen molar-refractivity contribution < 1.29 is 33.4 Å². The van der Waals surface area contributed by atoms with E-state index in [1.165, 1.54) is 11.3 Å². The number of rotatable bonds is 13. The molecule has 1 aromatic heterocycles. The SMILES string of the molecule is CNC(=O)C1(Oc2ccccc2-c2nc3cccc(Cl)c3s2)CCN(C(=O)[C@H]2CC(=O)Nc3ccc(OCCNCC4CCN(c5cccc(C6CCC(=O)NC6=O)c5)CC4)cc32)CC1. The first-order valence-electron chi connectivity index (χ1n) is 22.4. The van der Waals surface area contributed by atoms with Gasteiger partial charge in [-0.05, 0) is 97.4 Å². The maximum absolute atomic E-state index is 14.3. The number of aromatic nitrogens is 1. The van der Waals surface area contributed by atoms with Gasteiger partial charge in [-0.2, -0.15) is 0 Å². The highest BCUT2D eigenvalue weighted by Gasteiger charge is 2.46. The zero-order valence-electron chi connectivity index (χ0n) is 36.2. The number of hydrogen-bond acceptors (Lipinski definition) is 11. The van der Waals surface area contributed by atoms with Gasteiger partial charge in [0, 0.05) is 76.8 Å². The monoisotopic (exact) mass is 917 g/mol. The summed E-state index contributed by atoms with van der Waals surface area (Å²) in [6.07, 6.45) is 3.48. The summed E-state index contributed by atoms with van der Waals surface area (Å²) in [5.41, 5.74) is 3.64. The van der Waals surface area contributed by atoms with Gasteiger partial charge >= 0.3 is 0 Å². The number of likely N-dealkylation sites (tertiary alicyclic amines) is 1. The Labute approximate surface area is 386 Å². The number of carbonyl (C=O) groups excluding carboxylic acids is 5. The molecule has 0 saturated carbocycles. The minimum atomic E-state index is -1.24. The highest BCUT2D eigenvalue weighted by atomic mass is 35.5. The Bertz CT molecular complexity index is 2620. The van der Waals surface area contributed by atoms with Crippen molar-refractivity contribution in [2.45, 2.75) is 62.4 Å². The number of para-hydroxylation sites is 1. The number of carbonyl (C=O) groups is 5. The highest BCUT2D eigenvalue weighted by molar-refractivity contribution is 7.22. The molecule has 0 radical (unpaired) electrons. The van der Waals surface area contributed by atoms with E-state index in [2.05, 4.69) is 38.3 Å². The molecule has 9 rings (SSSR count). The van der Waals surface area contributed by atoms with Crippen LogP contribution in [0.25, 0.3) is 20.8 Å². The van der Waals surface area contributed by atoms with Crippen molar-refractivity contribution in [2.24, 2.45) is 5.92 Å². The number of ether oxygens (including phenoxy) is 2. The normalized spacial score (nSPS) is 19.9. The summed E-state index contributed by atoms with van der Waals surface area (Å²) in [7, 11) is 1.58. The molecule has 16 heteroatoms. The Morgan fingerprint density at radius 3 is 2.49 bits per heavy atom. The van der Waals surface area contributed by atoms with Crippen LogP contribution in [-0.2, 0) is 24.0 Å². The van der Waals surface area contributed by atoms with Crippen LogP contribution < -0.4 is 35.6 Å². The van der Waals surface area contributed by atoms with E-state index < -0.39 is 11.5 Å². The fourth-order valence-electron chi connectivity index (χ4n) is 9.53. The molecule has 14 nitrogen and oxygen atoms in total. The first kappa shape index (κ1) is 44.2. The van der Waals surface area contributed by atoms with Crippen molar-refractivity contribution >= 4 is 74.1 Å². The zero-order chi connectivity index (χ0) is 45.1. The van der Waals surface area contributed by atoms with E-state index in [9.17, 15) is 24.0 Å². The molecule has 0 aliphatic carbocycles. The zero-order valence-corrected chi connectivity index (χ0v) is 37.8. The second-order valence-corrected chi connectivity index (χ2v) is 18.6. The summed E-state index contributed by atoms with van der Waals surface area (Å²) in [6.45, 7) is 4.31. The number of fused-ring (bicyclic) bond motifs is 2. The standard InChI is InChI=1S/C49H52ClN7O7S/c1-51-48(62)49(64-41-11-3-2-8-35(41)46-54-40-10-5-9-38(50)44(40)65-46)18-23-57(24-19-49)47(61)37-28-43(59)53-39-14-12-33(27-36(37)39)63-25-20-52-29-30-16-21-56(22-17-30)32-7-4-6-31(26-32)34-13-15-42(58)55-45(34)60/h2-12,14,26-27,30,34,37,52H,13,15-25,28-29H2,1H3,(H,51,62)(H,53,59)(H,55,58,60)/t34?,37-/m0/s1. The van der Waals surface area contributed by atoms with E-state index in [1.807, 2.05) is 66.7 Å². The van der Waals surface area contributed by atoms with Gasteiger partial charge in [0.15, 0.2) is 5.60 Å². The topological polar surface area (TPSA) is 171 Å². The van der Waals surface area contributed by atoms with Gasteiger partial charge in [-0.15, -0.1) is 11.3 Å². The van der Waals surface area contributed by atoms with E-state index in [4.69, 9.17) is 26.1 Å². The second kappa shape index (κ2) is 19.2. The Hall–Kier alpha value is -6.03. The predicted octanol–water partition coefficient (Wildman–Crippen LogP) is 6.63. The number of anilines is 2. The largest absolute Gasteiger partial charge is 0.492 e. The Morgan fingerprint density at radius 2 is 1.71 bits per heavy atom. The molecule has 2 atom stereocenters. The van der Waals surface area contributed by atoms with Crippen molar-refractivity contribution in [1.29, 1.82) is 0 Å². The molecule has 4 aliphatic rings. The van der Waals surface area contributed by atoms with Crippen molar-refractivity contribution in [3.05, 3.63) is 101 Å². The molecule has 5 amide bonds. The number of nitrogens with one attached hydrogen (secondary N) is 4. The molecule has 3 saturated heterocycles. The van der Waals surface area contributed by atoms with Gasteiger partial charge in [-0.3, -0.25) is 29.3 Å². The van der Waals surface area contributed by atoms with Crippen LogP contribution in [0.3, 0.4) is 0 Å². The van der Waals surface area contributed by atoms with Crippen LogP contribution in [0.1, 0.15) is 67.9 Å².